The molecule has 0 aliphatic carbocycles. The first-order valence-corrected chi connectivity index (χ1v) is 7.61. The second kappa shape index (κ2) is 10.2. The van der Waals surface area contributed by atoms with Crippen LogP contribution in [-0.4, -0.2) is 0 Å². The van der Waals surface area contributed by atoms with Crippen LogP contribution in [0.1, 0.15) is 86.0 Å². The molecule has 0 N–H and O–H groups in total. The van der Waals surface area contributed by atoms with Gasteiger partial charge in [-0.25, -0.2) is 0 Å². The van der Waals surface area contributed by atoms with E-state index in [-0.39, 0.29) is 0 Å². The molecule has 2 atom stereocenters. The zero-order chi connectivity index (χ0) is 12.4. The SMILES string of the molecule is CCCCCCC(CC(C)C)C(C)CCC. The normalized spacial score (nSPS) is 15.4. The molecular weight excluding hydrogens is 192 g/mol. The van der Waals surface area contributed by atoms with Gasteiger partial charge in [-0.1, -0.05) is 79.6 Å². The van der Waals surface area contributed by atoms with Crippen molar-refractivity contribution >= 4 is 0 Å². The lowest BCUT2D eigenvalue weighted by Gasteiger charge is -2.25. The summed E-state index contributed by atoms with van der Waals surface area (Å²) in [7, 11) is 0. The van der Waals surface area contributed by atoms with Crippen molar-refractivity contribution in [3.05, 3.63) is 0 Å². The molecule has 0 bridgehead atoms. The summed E-state index contributed by atoms with van der Waals surface area (Å²) in [4.78, 5) is 0. The Labute approximate surface area is 104 Å². The molecule has 0 rings (SSSR count). The number of rotatable bonds is 10. The molecule has 16 heavy (non-hydrogen) atoms. The fraction of sp³-hybridized carbons (Fsp3) is 1.00. The average Bonchev–Trinajstić information content (AvgIpc) is 2.22. The van der Waals surface area contributed by atoms with Gasteiger partial charge in [0.05, 0.1) is 0 Å². The molecule has 0 saturated carbocycles. The quantitative estimate of drug-likeness (QED) is 0.397. The smallest absolute Gasteiger partial charge is 0.0386 e. The van der Waals surface area contributed by atoms with Crippen molar-refractivity contribution in [2.45, 2.75) is 86.0 Å². The predicted molar refractivity (Wildman–Crippen MR) is 75.8 cm³/mol. The summed E-state index contributed by atoms with van der Waals surface area (Å²) < 4.78 is 0. The van der Waals surface area contributed by atoms with Crippen molar-refractivity contribution in [2.24, 2.45) is 17.8 Å². The second-order valence-corrected chi connectivity index (χ2v) is 6.00. The van der Waals surface area contributed by atoms with E-state index in [1.54, 1.807) is 0 Å². The molecule has 0 aromatic rings. The van der Waals surface area contributed by atoms with Gasteiger partial charge in [0, 0.05) is 0 Å². The van der Waals surface area contributed by atoms with Gasteiger partial charge in [-0.2, -0.15) is 0 Å². The van der Waals surface area contributed by atoms with E-state index >= 15 is 0 Å². The highest BCUT2D eigenvalue weighted by Crippen LogP contribution is 2.29. The van der Waals surface area contributed by atoms with E-state index in [9.17, 15) is 0 Å². The summed E-state index contributed by atoms with van der Waals surface area (Å²) >= 11 is 0. The molecule has 0 radical (unpaired) electrons. The number of hydrogen-bond acceptors (Lipinski definition) is 0. The Morgan fingerprint density at radius 2 is 1.44 bits per heavy atom. The molecule has 0 aromatic carbocycles. The number of unbranched alkanes of at least 4 members (excludes halogenated alkanes) is 3. The van der Waals surface area contributed by atoms with E-state index in [0.717, 1.165) is 17.8 Å². The van der Waals surface area contributed by atoms with E-state index in [0.29, 0.717) is 0 Å². The largest absolute Gasteiger partial charge is 0.0654 e. The summed E-state index contributed by atoms with van der Waals surface area (Å²) in [6.45, 7) is 11.8. The molecule has 0 nitrogen and oxygen atoms in total. The Morgan fingerprint density at radius 3 is 1.94 bits per heavy atom. The van der Waals surface area contributed by atoms with Crippen LogP contribution in [0.3, 0.4) is 0 Å². The lowest BCUT2D eigenvalue weighted by molar-refractivity contribution is 0.260. The molecule has 0 aliphatic rings. The summed E-state index contributed by atoms with van der Waals surface area (Å²) in [6, 6.07) is 0. The van der Waals surface area contributed by atoms with E-state index in [2.05, 4.69) is 34.6 Å². The van der Waals surface area contributed by atoms with Crippen LogP contribution in [0.25, 0.3) is 0 Å². The van der Waals surface area contributed by atoms with Crippen molar-refractivity contribution in [1.82, 2.24) is 0 Å². The molecule has 0 heterocycles. The Bertz CT molecular complexity index is 137. The standard InChI is InChI=1S/C16H34/c1-6-8-9-10-12-16(13-14(3)4)15(5)11-7-2/h14-16H,6-13H2,1-5H3. The molecule has 98 valence electrons. The predicted octanol–water partition coefficient (Wildman–Crippen LogP) is 6.06. The molecule has 0 heteroatoms. The maximum absolute atomic E-state index is 2.47. The van der Waals surface area contributed by atoms with E-state index < -0.39 is 0 Å². The Morgan fingerprint density at radius 1 is 0.750 bits per heavy atom. The fourth-order valence-corrected chi connectivity index (χ4v) is 2.76. The van der Waals surface area contributed by atoms with Gasteiger partial charge in [-0.05, 0) is 24.2 Å². The van der Waals surface area contributed by atoms with E-state index in [4.69, 9.17) is 0 Å². The van der Waals surface area contributed by atoms with Crippen LogP contribution in [0.4, 0.5) is 0 Å². The minimum Gasteiger partial charge on any atom is -0.0654 e. The van der Waals surface area contributed by atoms with Gasteiger partial charge in [0.25, 0.3) is 0 Å². The summed E-state index contributed by atoms with van der Waals surface area (Å²) in [5, 5.41) is 0. The van der Waals surface area contributed by atoms with Crippen LogP contribution in [0.15, 0.2) is 0 Å². The summed E-state index contributed by atoms with van der Waals surface area (Å²) in [6.07, 6.45) is 11.4. The first-order chi connectivity index (χ1) is 7.61. The van der Waals surface area contributed by atoms with Crippen LogP contribution in [0, 0.1) is 17.8 Å². The van der Waals surface area contributed by atoms with Gasteiger partial charge in [0.1, 0.15) is 0 Å². The lowest BCUT2D eigenvalue weighted by Crippen LogP contribution is -2.14. The lowest BCUT2D eigenvalue weighted by atomic mass is 9.81. The Balaban J connectivity index is 3.89. The van der Waals surface area contributed by atoms with E-state index in [1.165, 1.54) is 51.4 Å². The summed E-state index contributed by atoms with van der Waals surface area (Å²) in [5.41, 5.74) is 0. The van der Waals surface area contributed by atoms with Crippen LogP contribution in [0.5, 0.6) is 0 Å². The van der Waals surface area contributed by atoms with Gasteiger partial charge < -0.3 is 0 Å². The van der Waals surface area contributed by atoms with Gasteiger partial charge in [-0.3, -0.25) is 0 Å². The first-order valence-electron chi connectivity index (χ1n) is 7.61. The van der Waals surface area contributed by atoms with Gasteiger partial charge in [0.15, 0.2) is 0 Å². The Hall–Kier alpha value is 0. The van der Waals surface area contributed by atoms with Crippen molar-refractivity contribution in [2.75, 3.05) is 0 Å². The first kappa shape index (κ1) is 16.0. The van der Waals surface area contributed by atoms with Crippen molar-refractivity contribution in [3.8, 4) is 0 Å². The van der Waals surface area contributed by atoms with E-state index in [1.807, 2.05) is 0 Å². The molecule has 0 aliphatic heterocycles. The average molecular weight is 226 g/mol. The molecule has 0 saturated heterocycles. The van der Waals surface area contributed by atoms with Gasteiger partial charge >= 0.3 is 0 Å². The zero-order valence-corrected chi connectivity index (χ0v) is 12.4. The molecule has 0 aromatic heterocycles. The van der Waals surface area contributed by atoms with Crippen molar-refractivity contribution in [3.63, 3.8) is 0 Å². The van der Waals surface area contributed by atoms with Gasteiger partial charge in [0.2, 0.25) is 0 Å². The third-order valence-corrected chi connectivity index (χ3v) is 3.75. The third-order valence-electron chi connectivity index (χ3n) is 3.75. The van der Waals surface area contributed by atoms with Crippen LogP contribution in [0.2, 0.25) is 0 Å². The molecule has 2 unspecified atom stereocenters. The minimum absolute atomic E-state index is 0.871. The second-order valence-electron chi connectivity index (χ2n) is 6.00. The fourth-order valence-electron chi connectivity index (χ4n) is 2.76. The Kier molecular flexibility index (Phi) is 10.2. The summed E-state index contributed by atoms with van der Waals surface area (Å²) in [5.74, 6) is 2.79. The zero-order valence-electron chi connectivity index (χ0n) is 12.4. The molecule has 0 amide bonds. The van der Waals surface area contributed by atoms with Crippen LogP contribution >= 0.6 is 0 Å². The maximum Gasteiger partial charge on any atom is -0.0386 e. The van der Waals surface area contributed by atoms with Crippen LogP contribution in [-0.2, 0) is 0 Å². The molecule has 0 fully saturated rings. The molecule has 0 spiro atoms. The monoisotopic (exact) mass is 226 g/mol. The third kappa shape index (κ3) is 8.19. The highest BCUT2D eigenvalue weighted by atomic mass is 14.2. The topological polar surface area (TPSA) is 0 Å². The van der Waals surface area contributed by atoms with Crippen molar-refractivity contribution < 1.29 is 0 Å². The maximum atomic E-state index is 2.47. The molecular formula is C16H34. The highest BCUT2D eigenvalue weighted by molar-refractivity contribution is 4.68. The van der Waals surface area contributed by atoms with Crippen molar-refractivity contribution in [1.29, 1.82) is 0 Å². The highest BCUT2D eigenvalue weighted by Gasteiger charge is 2.17. The van der Waals surface area contributed by atoms with Crippen LogP contribution < -0.4 is 0 Å². The number of hydrogen-bond donors (Lipinski definition) is 0. The van der Waals surface area contributed by atoms with Gasteiger partial charge in [-0.15, -0.1) is 0 Å². The minimum atomic E-state index is 0.871.